The van der Waals surface area contributed by atoms with Gasteiger partial charge in [0.25, 0.3) is 6.29 Å². The third-order valence-electron chi connectivity index (χ3n) is 0.986. The number of nitrogens with zero attached hydrogens (tertiary/aromatic N) is 6. The molecule has 1 aliphatic heterocycles. The highest BCUT2D eigenvalue weighted by atomic mass is 15.9. The van der Waals surface area contributed by atoms with E-state index in [-0.39, 0.29) is 6.29 Å². The van der Waals surface area contributed by atoms with E-state index in [0.717, 1.165) is 0 Å². The summed E-state index contributed by atoms with van der Waals surface area (Å²) in [6.45, 7) is 0. The van der Waals surface area contributed by atoms with Crippen molar-refractivity contribution < 1.29 is 5.22 Å². The highest BCUT2D eigenvalue weighted by molar-refractivity contribution is 4.45. The molecule has 9 nitrogen and oxygen atoms in total. The summed E-state index contributed by atoms with van der Waals surface area (Å²) < 4.78 is 0. The van der Waals surface area contributed by atoms with Crippen LogP contribution in [-0.2, 0) is 0 Å². The van der Waals surface area contributed by atoms with E-state index in [1.807, 2.05) is 0 Å². The van der Waals surface area contributed by atoms with Crippen LogP contribution in [0.25, 0.3) is 16.0 Å². The van der Waals surface area contributed by atoms with E-state index in [4.69, 9.17) is 22.6 Å². The number of hydrogen-bond donors (Lipinski definition) is 3. The Hall–Kier alpha value is -1.57. The molecule has 0 saturated heterocycles. The molecule has 0 fully saturated rings. The zero-order chi connectivity index (χ0) is 8.85. The molecule has 0 aromatic carbocycles. The monoisotopic (exact) mass is 159 g/mol. The number of nitrogens with one attached hydrogen (secondary N) is 1. The molecule has 0 amide bonds. The second-order valence-electron chi connectivity index (χ2n) is 1.68. The van der Waals surface area contributed by atoms with Crippen LogP contribution in [0, 0.1) is 0 Å². The molecular weight excluding hydrogens is 150 g/mol. The first-order valence-corrected chi connectivity index (χ1v) is 2.60. The molecule has 9 heteroatoms. The minimum atomic E-state index is -0.352. The second kappa shape index (κ2) is 4.28. The highest BCUT2D eigenvalue weighted by Crippen LogP contribution is 1.88. The Labute approximate surface area is 62.6 Å². The summed E-state index contributed by atoms with van der Waals surface area (Å²) in [7, 11) is 1.73. The summed E-state index contributed by atoms with van der Waals surface area (Å²) in [4.78, 5) is 1.50. The van der Waals surface area contributed by atoms with E-state index in [2.05, 4.69) is 10.4 Å². The third kappa shape index (κ3) is 2.67. The average molecular weight is 159 g/mol. The van der Waals surface area contributed by atoms with Crippen LogP contribution < -0.4 is 16.8 Å². The Morgan fingerprint density at radius 2 is 2.09 bits per heavy atom. The quantitative estimate of drug-likeness (QED) is 0.156. The Morgan fingerprint density at radius 1 is 1.64 bits per heavy atom. The maximum Gasteiger partial charge on any atom is 0.290 e. The van der Waals surface area contributed by atoms with Crippen LogP contribution in [0.4, 0.5) is 0 Å². The van der Waals surface area contributed by atoms with E-state index in [0.29, 0.717) is 0 Å². The Balaban J connectivity index is 0.000000292. The summed E-state index contributed by atoms with van der Waals surface area (Å²) in [5.41, 5.74) is 18.9. The van der Waals surface area contributed by atoms with Gasteiger partial charge in [0, 0.05) is 0 Å². The van der Waals surface area contributed by atoms with Crippen LogP contribution >= 0.6 is 0 Å². The lowest BCUT2D eigenvalue weighted by Gasteiger charge is -2.07. The predicted molar refractivity (Wildman–Crippen MR) is 35.2 cm³/mol. The van der Waals surface area contributed by atoms with Gasteiger partial charge in [-0.2, -0.15) is 0 Å². The van der Waals surface area contributed by atoms with E-state index in [1.165, 1.54) is 15.0 Å². The van der Waals surface area contributed by atoms with Gasteiger partial charge in [0.05, 0.1) is 0 Å². The summed E-state index contributed by atoms with van der Waals surface area (Å²) in [5.74, 6) is 5.23. The molecule has 1 atom stereocenters. The number of nitrogens with two attached hydrogens (primary N) is 2. The van der Waals surface area contributed by atoms with Gasteiger partial charge >= 0.3 is 0 Å². The molecule has 5 N–H and O–H groups in total. The molecule has 62 valence electrons. The molecule has 0 aromatic heterocycles. The summed E-state index contributed by atoms with van der Waals surface area (Å²) in [5, 5.41) is 8.84. The fourth-order valence-electron chi connectivity index (χ4n) is 0.421. The van der Waals surface area contributed by atoms with Crippen LogP contribution in [0.15, 0.2) is 5.22 Å². The van der Waals surface area contributed by atoms with Crippen molar-refractivity contribution in [3.8, 4) is 0 Å². The summed E-state index contributed by atoms with van der Waals surface area (Å²) in [6, 6.07) is 0. The zero-order valence-electron chi connectivity index (χ0n) is 5.92. The van der Waals surface area contributed by atoms with Crippen LogP contribution in [0.5, 0.6) is 0 Å². The van der Waals surface area contributed by atoms with Crippen molar-refractivity contribution >= 4 is 0 Å². The standard InChI is InChI=1S/C2H8N6.N3/c1-7-2(3)8(4)6-5-7;1-3-2/h2H,3-4H2,1H3;/q;-1/p+1. The summed E-state index contributed by atoms with van der Waals surface area (Å²) in [6.07, 6.45) is -0.352. The Kier molecular flexibility index (Phi) is 3.67. The van der Waals surface area contributed by atoms with Crippen molar-refractivity contribution in [2.75, 3.05) is 7.05 Å². The fourth-order valence-corrected chi connectivity index (χ4v) is 0.421. The number of rotatable bonds is 0. The molecule has 0 radical (unpaired) electrons. The molecule has 0 bridgehead atoms. The van der Waals surface area contributed by atoms with Crippen LogP contribution in [0.3, 0.4) is 0 Å². The van der Waals surface area contributed by atoms with E-state index >= 15 is 0 Å². The van der Waals surface area contributed by atoms with Crippen molar-refractivity contribution in [3.63, 3.8) is 0 Å². The first-order chi connectivity index (χ1) is 5.13. The fraction of sp³-hybridized carbons (Fsp3) is 1.00. The second-order valence-corrected chi connectivity index (χ2v) is 1.68. The topological polar surface area (TPSA) is 144 Å². The van der Waals surface area contributed by atoms with Crippen molar-refractivity contribution in [3.05, 3.63) is 16.0 Å². The molecule has 1 unspecified atom stereocenters. The Morgan fingerprint density at radius 3 is 2.18 bits per heavy atom. The maximum absolute atomic E-state index is 6.75. The van der Waals surface area contributed by atoms with Gasteiger partial charge in [0.2, 0.25) is 0 Å². The van der Waals surface area contributed by atoms with Crippen molar-refractivity contribution in [1.29, 1.82) is 0 Å². The largest absolute Gasteiger partial charge is 0.373 e. The minimum absolute atomic E-state index is 0.352. The van der Waals surface area contributed by atoms with E-state index in [9.17, 15) is 0 Å². The lowest BCUT2D eigenvalue weighted by atomic mass is 10.8. The van der Waals surface area contributed by atoms with Crippen LogP contribution in [0.1, 0.15) is 0 Å². The van der Waals surface area contributed by atoms with Gasteiger partial charge in [0.15, 0.2) is 0 Å². The molecule has 0 saturated carbocycles. The van der Waals surface area contributed by atoms with Crippen molar-refractivity contribution in [2.45, 2.75) is 6.29 Å². The van der Waals surface area contributed by atoms with Crippen LogP contribution in [0.2, 0.25) is 0 Å². The lowest BCUT2D eigenvalue weighted by Crippen LogP contribution is -2.81. The van der Waals surface area contributed by atoms with Gasteiger partial charge in [-0.1, -0.05) is 5.22 Å². The van der Waals surface area contributed by atoms with Gasteiger partial charge < -0.3 is 11.1 Å². The normalized spacial score (nSPS) is 20.8. The zero-order valence-corrected chi connectivity index (χ0v) is 5.92. The molecule has 1 aliphatic rings. The SMILES string of the molecule is CN1N=[NH+]N(N)C1N.[N-]=[N+]=[N-]. The van der Waals surface area contributed by atoms with Crippen molar-refractivity contribution in [2.24, 2.45) is 16.8 Å². The predicted octanol–water partition coefficient (Wildman–Crippen LogP) is -2.42. The van der Waals surface area contributed by atoms with Gasteiger partial charge in [-0.15, -0.1) is 10.1 Å². The molecular formula is C2H9N9. The molecule has 0 aliphatic carbocycles. The van der Waals surface area contributed by atoms with Gasteiger partial charge in [0.1, 0.15) is 12.3 Å². The average Bonchev–Trinajstić information content (AvgIpc) is 2.22. The first kappa shape index (κ1) is 9.43. The molecule has 1 heterocycles. The lowest BCUT2D eigenvalue weighted by molar-refractivity contribution is -0.695. The number of hydrogen-bond acceptors (Lipinski definition) is 5. The van der Waals surface area contributed by atoms with E-state index < -0.39 is 0 Å². The molecule has 11 heavy (non-hydrogen) atoms. The van der Waals surface area contributed by atoms with Gasteiger partial charge in [-0.25, -0.2) is 5.84 Å². The molecule has 0 aromatic rings. The molecule has 1 rings (SSSR count). The molecule has 0 spiro atoms. The van der Waals surface area contributed by atoms with Gasteiger partial charge in [-0.3, -0.25) is 10.6 Å². The highest BCUT2D eigenvalue weighted by Gasteiger charge is 2.26. The maximum atomic E-state index is 6.75. The third-order valence-corrected chi connectivity index (χ3v) is 0.986. The van der Waals surface area contributed by atoms with Gasteiger partial charge in [-0.05, 0) is 0 Å². The van der Waals surface area contributed by atoms with Crippen LogP contribution in [-0.4, -0.2) is 23.5 Å². The number of hydrazine groups is 2. The summed E-state index contributed by atoms with van der Waals surface area (Å²) >= 11 is 0. The van der Waals surface area contributed by atoms with E-state index in [1.54, 1.807) is 7.05 Å². The van der Waals surface area contributed by atoms with Crippen molar-refractivity contribution in [1.82, 2.24) is 10.1 Å². The minimum Gasteiger partial charge on any atom is -0.373 e. The Bertz CT molecular complexity index is 154. The smallest absolute Gasteiger partial charge is 0.290 e. The first-order valence-electron chi connectivity index (χ1n) is 2.60.